The summed E-state index contributed by atoms with van der Waals surface area (Å²) < 4.78 is 0. The number of hydrogen-bond acceptors (Lipinski definition) is 3. The second kappa shape index (κ2) is 7.71. The molecule has 0 radical (unpaired) electrons. The van der Waals surface area contributed by atoms with Crippen LogP contribution in [0, 0.1) is 5.92 Å². The van der Waals surface area contributed by atoms with Crippen molar-refractivity contribution in [2.75, 3.05) is 31.5 Å². The molecule has 1 saturated heterocycles. The molecule has 0 aromatic heterocycles. The molecular formula is C21H27N3O3. The van der Waals surface area contributed by atoms with E-state index < -0.39 is 0 Å². The van der Waals surface area contributed by atoms with E-state index in [1.165, 1.54) is 6.42 Å². The molecule has 6 nitrogen and oxygen atoms in total. The fourth-order valence-electron chi connectivity index (χ4n) is 4.49. The molecule has 4 rings (SSSR count). The number of anilines is 1. The predicted molar refractivity (Wildman–Crippen MR) is 102 cm³/mol. The lowest BCUT2D eigenvalue weighted by Gasteiger charge is -2.28. The van der Waals surface area contributed by atoms with Crippen LogP contribution in [0.25, 0.3) is 0 Å². The number of carbonyl (C=O) groups excluding carboxylic acids is 3. The van der Waals surface area contributed by atoms with Crippen molar-refractivity contribution in [3.8, 4) is 0 Å². The molecule has 1 aliphatic carbocycles. The number of benzene rings is 1. The Kier molecular flexibility index (Phi) is 5.14. The molecule has 27 heavy (non-hydrogen) atoms. The molecule has 1 saturated carbocycles. The van der Waals surface area contributed by atoms with Gasteiger partial charge in [-0.25, -0.2) is 0 Å². The smallest absolute Gasteiger partial charge is 0.253 e. The van der Waals surface area contributed by atoms with E-state index in [1.54, 1.807) is 6.07 Å². The van der Waals surface area contributed by atoms with E-state index >= 15 is 0 Å². The van der Waals surface area contributed by atoms with Crippen molar-refractivity contribution < 1.29 is 14.4 Å². The van der Waals surface area contributed by atoms with Crippen LogP contribution in [0.5, 0.6) is 0 Å². The van der Waals surface area contributed by atoms with Crippen molar-refractivity contribution in [2.45, 2.75) is 44.9 Å². The first-order valence-corrected chi connectivity index (χ1v) is 10.1. The Morgan fingerprint density at radius 1 is 0.926 bits per heavy atom. The summed E-state index contributed by atoms with van der Waals surface area (Å²) in [4.78, 5) is 41.1. The van der Waals surface area contributed by atoms with Crippen LogP contribution < -0.4 is 5.32 Å². The zero-order valence-electron chi connectivity index (χ0n) is 15.7. The molecule has 6 heteroatoms. The van der Waals surface area contributed by atoms with Gasteiger partial charge in [0.05, 0.1) is 6.42 Å². The van der Waals surface area contributed by atoms with Crippen molar-refractivity contribution in [3.05, 3.63) is 29.3 Å². The van der Waals surface area contributed by atoms with Gasteiger partial charge in [0.1, 0.15) is 0 Å². The molecule has 2 heterocycles. The number of nitrogens with one attached hydrogen (secondary N) is 1. The third kappa shape index (κ3) is 3.84. The van der Waals surface area contributed by atoms with Gasteiger partial charge in [-0.3, -0.25) is 14.4 Å². The summed E-state index contributed by atoms with van der Waals surface area (Å²) in [6, 6.07) is 5.41. The zero-order valence-corrected chi connectivity index (χ0v) is 15.7. The van der Waals surface area contributed by atoms with Crippen LogP contribution in [-0.2, 0) is 16.0 Å². The second-order valence-electron chi connectivity index (χ2n) is 7.90. The van der Waals surface area contributed by atoms with Gasteiger partial charge in [-0.15, -0.1) is 0 Å². The molecule has 1 N–H and O–H groups in total. The van der Waals surface area contributed by atoms with E-state index in [1.807, 2.05) is 21.9 Å². The highest BCUT2D eigenvalue weighted by molar-refractivity contribution is 6.01. The van der Waals surface area contributed by atoms with Crippen molar-refractivity contribution in [1.29, 1.82) is 0 Å². The number of amides is 3. The fraction of sp³-hybridized carbons (Fsp3) is 0.571. The van der Waals surface area contributed by atoms with Gasteiger partial charge in [0.25, 0.3) is 5.91 Å². The van der Waals surface area contributed by atoms with Crippen LogP contribution in [-0.4, -0.2) is 53.7 Å². The molecule has 0 atom stereocenters. The van der Waals surface area contributed by atoms with Gasteiger partial charge in [0.15, 0.2) is 0 Å². The number of nitrogens with zero attached hydrogens (tertiary/aromatic N) is 2. The lowest BCUT2D eigenvalue weighted by molar-refractivity contribution is -0.136. The highest BCUT2D eigenvalue weighted by atomic mass is 16.2. The van der Waals surface area contributed by atoms with Crippen molar-refractivity contribution in [3.63, 3.8) is 0 Å². The molecule has 0 unspecified atom stereocenters. The molecule has 144 valence electrons. The number of hydrogen-bond donors (Lipinski definition) is 1. The minimum absolute atomic E-state index is 0.0101. The monoisotopic (exact) mass is 369 g/mol. The Labute approximate surface area is 159 Å². The Morgan fingerprint density at radius 2 is 1.67 bits per heavy atom. The van der Waals surface area contributed by atoms with Crippen molar-refractivity contribution in [2.24, 2.45) is 5.92 Å². The fourth-order valence-corrected chi connectivity index (χ4v) is 4.49. The summed E-state index contributed by atoms with van der Waals surface area (Å²) in [5.74, 6) is 0.430. The van der Waals surface area contributed by atoms with Crippen molar-refractivity contribution in [1.82, 2.24) is 9.80 Å². The topological polar surface area (TPSA) is 69.7 Å². The maximum Gasteiger partial charge on any atom is 0.253 e. The third-order valence-electron chi connectivity index (χ3n) is 6.03. The Balaban J connectivity index is 1.39. The van der Waals surface area contributed by atoms with Crippen LogP contribution >= 0.6 is 0 Å². The summed E-state index contributed by atoms with van der Waals surface area (Å²) in [7, 11) is 0. The molecule has 0 spiro atoms. The van der Waals surface area contributed by atoms with Crippen molar-refractivity contribution >= 4 is 23.4 Å². The number of fused-ring (bicyclic) bond motifs is 1. The maximum absolute atomic E-state index is 12.9. The quantitative estimate of drug-likeness (QED) is 0.870. The largest absolute Gasteiger partial charge is 0.341 e. The molecular weight excluding hydrogens is 342 g/mol. The molecule has 2 fully saturated rings. The van der Waals surface area contributed by atoms with Gasteiger partial charge in [-0.05, 0) is 43.0 Å². The second-order valence-corrected chi connectivity index (χ2v) is 7.90. The standard InChI is InChI=1S/C21H27N3O3/c25-19-14-17-13-16(7-8-18(17)22-19)21(27)24-10-4-9-23(11-12-24)20(26)15-5-2-1-3-6-15/h7-8,13,15H,1-6,9-12,14H2,(H,22,25). The van der Waals surface area contributed by atoms with Crippen LogP contribution in [0.1, 0.15) is 54.4 Å². The highest BCUT2D eigenvalue weighted by Gasteiger charge is 2.29. The highest BCUT2D eigenvalue weighted by Crippen LogP contribution is 2.27. The summed E-state index contributed by atoms with van der Waals surface area (Å²) >= 11 is 0. The first-order chi connectivity index (χ1) is 13.1. The van der Waals surface area contributed by atoms with Gasteiger partial charge >= 0.3 is 0 Å². The Hall–Kier alpha value is -2.37. The first-order valence-electron chi connectivity index (χ1n) is 10.1. The van der Waals surface area contributed by atoms with E-state index in [-0.39, 0.29) is 23.6 Å². The summed E-state index contributed by atoms with van der Waals surface area (Å²) in [5.41, 5.74) is 2.31. The lowest BCUT2D eigenvalue weighted by atomic mass is 9.88. The Morgan fingerprint density at radius 3 is 2.48 bits per heavy atom. The third-order valence-corrected chi connectivity index (χ3v) is 6.03. The molecule has 3 amide bonds. The minimum Gasteiger partial charge on any atom is -0.341 e. The molecule has 1 aromatic rings. The summed E-state index contributed by atoms with van der Waals surface area (Å²) in [6.45, 7) is 2.60. The van der Waals surface area contributed by atoms with Gasteiger partial charge in [0.2, 0.25) is 11.8 Å². The van der Waals surface area contributed by atoms with E-state index in [2.05, 4.69) is 5.32 Å². The van der Waals surface area contributed by atoms with Gasteiger partial charge in [-0.1, -0.05) is 19.3 Å². The van der Waals surface area contributed by atoms with Crippen LogP contribution in [0.4, 0.5) is 5.69 Å². The number of carbonyl (C=O) groups is 3. The molecule has 0 bridgehead atoms. The lowest BCUT2D eigenvalue weighted by Crippen LogP contribution is -2.40. The van der Waals surface area contributed by atoms with E-state index in [0.29, 0.717) is 31.6 Å². The SMILES string of the molecule is O=C1Cc2cc(C(=O)N3CCCN(C(=O)C4CCCCC4)CC3)ccc2N1. The van der Waals surface area contributed by atoms with E-state index in [0.717, 1.165) is 49.9 Å². The first kappa shape index (κ1) is 18.0. The van der Waals surface area contributed by atoms with Crippen LogP contribution in [0.2, 0.25) is 0 Å². The minimum atomic E-state index is -0.0266. The van der Waals surface area contributed by atoms with E-state index in [9.17, 15) is 14.4 Å². The normalized spacial score (nSPS) is 20.8. The molecule has 3 aliphatic rings. The summed E-state index contributed by atoms with van der Waals surface area (Å²) in [6.07, 6.45) is 6.73. The van der Waals surface area contributed by atoms with Crippen LogP contribution in [0.3, 0.4) is 0 Å². The van der Waals surface area contributed by atoms with E-state index in [4.69, 9.17) is 0 Å². The van der Waals surface area contributed by atoms with Crippen LogP contribution in [0.15, 0.2) is 18.2 Å². The Bertz CT molecular complexity index is 755. The van der Waals surface area contributed by atoms with Gasteiger partial charge < -0.3 is 15.1 Å². The average Bonchev–Trinajstić information content (AvgIpc) is 2.90. The number of rotatable bonds is 2. The summed E-state index contributed by atoms with van der Waals surface area (Å²) in [5, 5.41) is 2.79. The average molecular weight is 369 g/mol. The molecule has 1 aromatic carbocycles. The van der Waals surface area contributed by atoms with Gasteiger partial charge in [-0.2, -0.15) is 0 Å². The predicted octanol–water partition coefficient (Wildman–Crippen LogP) is 2.44. The zero-order chi connectivity index (χ0) is 18.8. The molecule has 2 aliphatic heterocycles. The van der Waals surface area contributed by atoms with Gasteiger partial charge in [0, 0.05) is 43.3 Å². The maximum atomic E-state index is 12.9.